The zero-order chi connectivity index (χ0) is 23.3. The van der Waals surface area contributed by atoms with Crippen molar-refractivity contribution < 1.29 is 17.9 Å². The molecule has 0 spiro atoms. The minimum absolute atomic E-state index is 0.0271. The van der Waals surface area contributed by atoms with Crippen LogP contribution >= 0.6 is 0 Å². The second-order valence-electron chi connectivity index (χ2n) is 8.60. The van der Waals surface area contributed by atoms with E-state index in [1.807, 2.05) is 29.2 Å². The van der Waals surface area contributed by atoms with Crippen LogP contribution < -0.4 is 4.74 Å². The number of rotatable bonds is 2. The second-order valence-corrected chi connectivity index (χ2v) is 10.5. The Morgan fingerprint density at radius 3 is 2.70 bits per heavy atom. The van der Waals surface area contributed by atoms with E-state index in [1.165, 1.54) is 22.0 Å². The molecule has 1 fully saturated rings. The van der Waals surface area contributed by atoms with Gasteiger partial charge in [0, 0.05) is 19.1 Å². The Bertz CT molecular complexity index is 1140. The van der Waals surface area contributed by atoms with Gasteiger partial charge in [0.25, 0.3) is 0 Å². The van der Waals surface area contributed by atoms with Gasteiger partial charge in [0.2, 0.25) is 15.9 Å². The summed E-state index contributed by atoms with van der Waals surface area (Å²) in [4.78, 5) is 15.2. The molecule has 2 bridgehead atoms. The van der Waals surface area contributed by atoms with Crippen molar-refractivity contribution in [3.63, 3.8) is 0 Å². The van der Waals surface area contributed by atoms with Crippen LogP contribution in [0.3, 0.4) is 0 Å². The molecule has 0 N–H and O–H groups in total. The molecule has 1 unspecified atom stereocenters. The van der Waals surface area contributed by atoms with Gasteiger partial charge in [-0.3, -0.25) is 4.79 Å². The fourth-order valence-electron chi connectivity index (χ4n) is 4.59. The topological polar surface area (TPSA) is 90.7 Å². The van der Waals surface area contributed by atoms with E-state index in [0.29, 0.717) is 19.6 Å². The third-order valence-corrected chi connectivity index (χ3v) is 8.19. The van der Waals surface area contributed by atoms with E-state index in [-0.39, 0.29) is 35.5 Å². The van der Waals surface area contributed by atoms with E-state index in [0.717, 1.165) is 37.9 Å². The Balaban J connectivity index is 1.63. The molecule has 7 nitrogen and oxygen atoms in total. The predicted octanol–water partition coefficient (Wildman–Crippen LogP) is 3.35. The summed E-state index contributed by atoms with van der Waals surface area (Å²) >= 11 is 0. The van der Waals surface area contributed by atoms with Crippen LogP contribution in [0.1, 0.15) is 43.2 Å². The second kappa shape index (κ2) is 10.4. The van der Waals surface area contributed by atoms with Gasteiger partial charge in [-0.2, -0.15) is 9.57 Å². The highest BCUT2D eigenvalue weighted by atomic mass is 32.2. The molecule has 2 aromatic carbocycles. The maximum absolute atomic E-state index is 13.4. The van der Waals surface area contributed by atoms with Crippen molar-refractivity contribution in [2.75, 3.05) is 26.2 Å². The molecule has 4 rings (SSSR count). The lowest BCUT2D eigenvalue weighted by Crippen LogP contribution is -2.49. The Hall–Kier alpha value is -2.89. The highest BCUT2D eigenvalue weighted by Crippen LogP contribution is 2.25. The first-order valence-electron chi connectivity index (χ1n) is 11.5. The van der Waals surface area contributed by atoms with Gasteiger partial charge in [-0.1, -0.05) is 18.2 Å². The number of sulfonamides is 1. The molecule has 1 amide bonds. The number of piperidine rings is 1. The Kier molecular flexibility index (Phi) is 7.31. The van der Waals surface area contributed by atoms with Crippen LogP contribution in [0.25, 0.3) is 0 Å². The Morgan fingerprint density at radius 2 is 1.85 bits per heavy atom. The lowest BCUT2D eigenvalue weighted by molar-refractivity contribution is -0.135. The molecule has 2 aliphatic rings. The summed E-state index contributed by atoms with van der Waals surface area (Å²) in [6.07, 6.45) is 5.06. The summed E-state index contributed by atoms with van der Waals surface area (Å²) in [7, 11) is -3.95. The molecule has 0 aliphatic carbocycles. The first-order chi connectivity index (χ1) is 16.0. The first kappa shape index (κ1) is 23.3. The first-order valence-corrected chi connectivity index (χ1v) is 12.9. The molecule has 2 heterocycles. The standard InChI is InChI=1S/C25H29N3O4S/c26-18-21-7-4-10-24(17-21)33(30,31)27-13-5-15-32-23-9-3-6-20(16-23)11-12-22-8-1-2-14-28(22)25(29)19-27/h3-4,6-7,9-10,16-17,22H,1-2,5,8,11-15,19H2. The number of carbonyl (C=O) groups excluding carboxylic acids is 1. The lowest BCUT2D eigenvalue weighted by atomic mass is 9.95. The van der Waals surface area contributed by atoms with E-state index in [4.69, 9.17) is 4.74 Å². The van der Waals surface area contributed by atoms with Crippen molar-refractivity contribution in [3.05, 3.63) is 59.7 Å². The third-order valence-electron chi connectivity index (χ3n) is 6.35. The molecule has 0 aromatic heterocycles. The Labute approximate surface area is 195 Å². The van der Waals surface area contributed by atoms with Crippen LogP contribution in [0.2, 0.25) is 0 Å². The molecule has 33 heavy (non-hydrogen) atoms. The third kappa shape index (κ3) is 5.55. The summed E-state index contributed by atoms with van der Waals surface area (Å²) < 4.78 is 34.0. The highest BCUT2D eigenvalue weighted by molar-refractivity contribution is 7.89. The van der Waals surface area contributed by atoms with Crippen molar-refractivity contribution in [2.24, 2.45) is 0 Å². The van der Waals surface area contributed by atoms with Gasteiger partial charge in [-0.05, 0) is 74.4 Å². The van der Waals surface area contributed by atoms with E-state index in [9.17, 15) is 18.5 Å². The number of carbonyl (C=O) groups is 1. The van der Waals surface area contributed by atoms with Gasteiger partial charge in [0.05, 0.1) is 29.7 Å². The largest absolute Gasteiger partial charge is 0.494 e. The summed E-state index contributed by atoms with van der Waals surface area (Å²) in [5.41, 5.74) is 1.45. The summed E-state index contributed by atoms with van der Waals surface area (Å²) in [6, 6.07) is 16.0. The zero-order valence-corrected chi connectivity index (χ0v) is 19.5. The van der Waals surface area contributed by atoms with Crippen molar-refractivity contribution in [3.8, 4) is 11.8 Å². The average Bonchev–Trinajstić information content (AvgIpc) is 2.84. The van der Waals surface area contributed by atoms with E-state index in [1.54, 1.807) is 12.1 Å². The van der Waals surface area contributed by atoms with E-state index in [2.05, 4.69) is 6.07 Å². The summed E-state index contributed by atoms with van der Waals surface area (Å²) in [5, 5.41) is 9.19. The number of hydrogen-bond donors (Lipinski definition) is 0. The number of hydrogen-bond acceptors (Lipinski definition) is 5. The van der Waals surface area contributed by atoms with E-state index >= 15 is 0 Å². The smallest absolute Gasteiger partial charge is 0.243 e. The minimum Gasteiger partial charge on any atom is -0.494 e. The molecule has 1 saturated heterocycles. The van der Waals surface area contributed by atoms with Crippen molar-refractivity contribution >= 4 is 15.9 Å². The van der Waals surface area contributed by atoms with Crippen molar-refractivity contribution in [1.82, 2.24) is 9.21 Å². The molecule has 0 saturated carbocycles. The number of nitriles is 1. The van der Waals surface area contributed by atoms with Crippen molar-refractivity contribution in [1.29, 1.82) is 5.26 Å². The van der Waals surface area contributed by atoms with Crippen LogP contribution in [0.5, 0.6) is 5.75 Å². The predicted molar refractivity (Wildman–Crippen MR) is 124 cm³/mol. The van der Waals surface area contributed by atoms with Crippen LogP contribution in [0, 0.1) is 11.3 Å². The molecule has 2 aliphatic heterocycles. The number of fused-ring (bicyclic) bond motifs is 3. The summed E-state index contributed by atoms with van der Waals surface area (Å²) in [6.45, 7) is 0.947. The number of amides is 1. The average molecular weight is 468 g/mol. The SMILES string of the molecule is N#Cc1cccc(S(=O)(=O)N2CCCOc3cccc(c3)CCC3CCCCN3C(=O)C2)c1. The van der Waals surface area contributed by atoms with E-state index < -0.39 is 10.0 Å². The molecular formula is C25H29N3O4S. The fourth-order valence-corrected chi connectivity index (χ4v) is 6.06. The molecular weight excluding hydrogens is 438 g/mol. The number of ether oxygens (including phenoxy) is 1. The quantitative estimate of drug-likeness (QED) is 0.676. The van der Waals surface area contributed by atoms with Gasteiger partial charge < -0.3 is 9.64 Å². The van der Waals surface area contributed by atoms with Gasteiger partial charge in [-0.25, -0.2) is 8.42 Å². The molecule has 0 radical (unpaired) electrons. The zero-order valence-electron chi connectivity index (χ0n) is 18.7. The minimum atomic E-state index is -3.95. The number of benzene rings is 2. The highest BCUT2D eigenvalue weighted by Gasteiger charge is 2.32. The monoisotopic (exact) mass is 467 g/mol. The molecule has 174 valence electrons. The lowest BCUT2D eigenvalue weighted by Gasteiger charge is -2.37. The molecule has 8 heteroatoms. The maximum atomic E-state index is 13.4. The summed E-state index contributed by atoms with van der Waals surface area (Å²) in [5.74, 6) is 0.615. The molecule has 2 aromatic rings. The normalized spacial score (nSPS) is 20.8. The van der Waals surface area contributed by atoms with Gasteiger partial charge in [0.15, 0.2) is 0 Å². The molecule has 1 atom stereocenters. The van der Waals surface area contributed by atoms with Crippen molar-refractivity contribution in [2.45, 2.75) is 49.5 Å². The van der Waals surface area contributed by atoms with Crippen LogP contribution in [-0.2, 0) is 21.2 Å². The van der Waals surface area contributed by atoms with Gasteiger partial charge >= 0.3 is 0 Å². The fraction of sp³-hybridized carbons (Fsp3) is 0.440. The maximum Gasteiger partial charge on any atom is 0.243 e. The van der Waals surface area contributed by atoms with Gasteiger partial charge in [0.1, 0.15) is 5.75 Å². The van der Waals surface area contributed by atoms with Crippen LogP contribution in [-0.4, -0.2) is 55.8 Å². The number of nitrogens with zero attached hydrogens (tertiary/aromatic N) is 3. The van der Waals surface area contributed by atoms with Gasteiger partial charge in [-0.15, -0.1) is 0 Å². The number of aryl methyl sites for hydroxylation is 1. The Morgan fingerprint density at radius 1 is 1.00 bits per heavy atom. The van der Waals surface area contributed by atoms with Crippen LogP contribution in [0.4, 0.5) is 0 Å². The van der Waals surface area contributed by atoms with Crippen LogP contribution in [0.15, 0.2) is 53.4 Å².